The van der Waals surface area contributed by atoms with Crippen molar-refractivity contribution in [2.24, 2.45) is 0 Å². The molecule has 1 N–H and O–H groups in total. The highest BCUT2D eigenvalue weighted by atomic mass is 16.5. The largest absolute Gasteiger partial charge is 0.496 e. The maximum absolute atomic E-state index is 5.40. The summed E-state index contributed by atoms with van der Waals surface area (Å²) in [4.78, 5) is 9.00. The molecule has 0 saturated heterocycles. The van der Waals surface area contributed by atoms with Gasteiger partial charge >= 0.3 is 0 Å². The van der Waals surface area contributed by atoms with Crippen molar-refractivity contribution in [2.75, 3.05) is 12.4 Å². The van der Waals surface area contributed by atoms with Crippen LogP contribution in [0.5, 0.6) is 5.75 Å². The predicted molar refractivity (Wildman–Crippen MR) is 97.2 cm³/mol. The highest BCUT2D eigenvalue weighted by molar-refractivity contribution is 5.63. The van der Waals surface area contributed by atoms with E-state index in [0.29, 0.717) is 0 Å². The van der Waals surface area contributed by atoms with Gasteiger partial charge in [0, 0.05) is 11.6 Å². The number of aromatic nitrogens is 2. The predicted octanol–water partition coefficient (Wildman–Crippen LogP) is 4.63. The zero-order valence-electron chi connectivity index (χ0n) is 14.2. The lowest BCUT2D eigenvalue weighted by atomic mass is 10.1. The first-order chi connectivity index (χ1) is 11.7. The summed E-state index contributed by atoms with van der Waals surface area (Å²) in [5.74, 6) is 1.61. The van der Waals surface area contributed by atoms with Crippen LogP contribution in [0.25, 0.3) is 11.3 Å². The first-order valence-electron chi connectivity index (χ1n) is 7.96. The van der Waals surface area contributed by atoms with Gasteiger partial charge in [0.15, 0.2) is 0 Å². The fourth-order valence-corrected chi connectivity index (χ4v) is 2.60. The zero-order chi connectivity index (χ0) is 16.9. The van der Waals surface area contributed by atoms with E-state index < -0.39 is 0 Å². The SMILES string of the molecule is COc1cc(-c2cncc(N[C@@H](C)c3ccccc3)n2)ccc1C. The van der Waals surface area contributed by atoms with Crippen molar-refractivity contribution in [2.45, 2.75) is 19.9 Å². The molecule has 0 amide bonds. The second-order valence-electron chi connectivity index (χ2n) is 5.75. The molecule has 0 radical (unpaired) electrons. The molecule has 24 heavy (non-hydrogen) atoms. The molecule has 1 atom stereocenters. The van der Waals surface area contributed by atoms with E-state index >= 15 is 0 Å². The Bertz CT molecular complexity index is 818. The zero-order valence-corrected chi connectivity index (χ0v) is 14.2. The average molecular weight is 319 g/mol. The van der Waals surface area contributed by atoms with E-state index in [1.54, 1.807) is 19.5 Å². The number of rotatable bonds is 5. The third-order valence-electron chi connectivity index (χ3n) is 4.00. The van der Waals surface area contributed by atoms with Gasteiger partial charge in [0.1, 0.15) is 11.6 Å². The van der Waals surface area contributed by atoms with Crippen LogP contribution in [0.2, 0.25) is 0 Å². The van der Waals surface area contributed by atoms with Crippen molar-refractivity contribution in [1.82, 2.24) is 9.97 Å². The van der Waals surface area contributed by atoms with E-state index in [1.165, 1.54) is 5.56 Å². The molecule has 2 aromatic carbocycles. The summed E-state index contributed by atoms with van der Waals surface area (Å²) in [5, 5.41) is 3.40. The van der Waals surface area contributed by atoms with Crippen LogP contribution in [0.1, 0.15) is 24.1 Å². The summed E-state index contributed by atoms with van der Waals surface area (Å²) in [6.45, 7) is 4.13. The molecule has 0 aliphatic carbocycles. The van der Waals surface area contributed by atoms with Gasteiger partial charge < -0.3 is 10.1 Å². The molecule has 0 fully saturated rings. The Kier molecular flexibility index (Phi) is 4.75. The summed E-state index contributed by atoms with van der Waals surface area (Å²) in [7, 11) is 1.68. The summed E-state index contributed by atoms with van der Waals surface area (Å²) >= 11 is 0. The van der Waals surface area contributed by atoms with Crippen molar-refractivity contribution in [1.29, 1.82) is 0 Å². The third kappa shape index (κ3) is 3.54. The highest BCUT2D eigenvalue weighted by Gasteiger charge is 2.08. The Labute approximate surface area is 142 Å². The van der Waals surface area contributed by atoms with Crippen molar-refractivity contribution < 1.29 is 4.74 Å². The molecular formula is C20H21N3O. The van der Waals surface area contributed by atoms with Crippen LogP contribution in [0.4, 0.5) is 5.82 Å². The van der Waals surface area contributed by atoms with Gasteiger partial charge in [0.05, 0.1) is 25.2 Å². The normalized spacial score (nSPS) is 11.8. The lowest BCUT2D eigenvalue weighted by Crippen LogP contribution is -2.08. The Morgan fingerprint density at radius 1 is 1.04 bits per heavy atom. The number of anilines is 1. The average Bonchev–Trinajstić information content (AvgIpc) is 2.63. The minimum absolute atomic E-state index is 0.156. The van der Waals surface area contributed by atoms with Crippen LogP contribution < -0.4 is 10.1 Å². The van der Waals surface area contributed by atoms with Crippen LogP contribution in [-0.4, -0.2) is 17.1 Å². The Morgan fingerprint density at radius 2 is 1.83 bits per heavy atom. The molecule has 0 bridgehead atoms. The smallest absolute Gasteiger partial charge is 0.145 e. The van der Waals surface area contributed by atoms with E-state index in [4.69, 9.17) is 4.74 Å². The van der Waals surface area contributed by atoms with Gasteiger partial charge in [-0.05, 0) is 31.0 Å². The molecule has 3 aromatic rings. The van der Waals surface area contributed by atoms with Gasteiger partial charge in [-0.3, -0.25) is 4.98 Å². The number of hydrogen-bond acceptors (Lipinski definition) is 4. The number of nitrogens with zero attached hydrogens (tertiary/aromatic N) is 2. The van der Waals surface area contributed by atoms with E-state index in [2.05, 4.69) is 34.3 Å². The second-order valence-corrected chi connectivity index (χ2v) is 5.75. The van der Waals surface area contributed by atoms with Crippen LogP contribution in [-0.2, 0) is 0 Å². The number of aryl methyl sites for hydroxylation is 1. The minimum Gasteiger partial charge on any atom is -0.496 e. The number of nitrogens with one attached hydrogen (secondary N) is 1. The minimum atomic E-state index is 0.156. The molecule has 4 nitrogen and oxygen atoms in total. The molecule has 0 aliphatic heterocycles. The van der Waals surface area contributed by atoms with Gasteiger partial charge in [-0.2, -0.15) is 0 Å². The molecule has 0 saturated carbocycles. The maximum atomic E-state index is 5.40. The lowest BCUT2D eigenvalue weighted by molar-refractivity contribution is 0.412. The van der Waals surface area contributed by atoms with Crippen LogP contribution in [0.3, 0.4) is 0 Å². The van der Waals surface area contributed by atoms with E-state index in [0.717, 1.165) is 28.4 Å². The third-order valence-corrected chi connectivity index (χ3v) is 4.00. The molecule has 122 valence electrons. The standard InChI is InChI=1S/C20H21N3O/c1-14-9-10-17(11-19(14)24-3)18-12-21-13-20(23-18)22-15(2)16-7-5-4-6-8-16/h4-13,15H,1-3H3,(H,22,23)/t15-/m0/s1. The molecular weight excluding hydrogens is 298 g/mol. The first-order valence-corrected chi connectivity index (χ1v) is 7.96. The van der Waals surface area contributed by atoms with E-state index in [1.807, 2.05) is 43.3 Å². The van der Waals surface area contributed by atoms with Gasteiger partial charge in [0.2, 0.25) is 0 Å². The molecule has 0 aliphatic rings. The Balaban J connectivity index is 1.84. The number of ether oxygens (including phenoxy) is 1. The van der Waals surface area contributed by atoms with Crippen molar-refractivity contribution >= 4 is 5.82 Å². The summed E-state index contributed by atoms with van der Waals surface area (Å²) in [5.41, 5.74) is 4.11. The van der Waals surface area contributed by atoms with E-state index in [9.17, 15) is 0 Å². The quantitative estimate of drug-likeness (QED) is 0.744. The highest BCUT2D eigenvalue weighted by Crippen LogP contribution is 2.26. The van der Waals surface area contributed by atoms with Gasteiger partial charge in [-0.1, -0.05) is 42.5 Å². The molecule has 1 heterocycles. The van der Waals surface area contributed by atoms with Gasteiger partial charge in [-0.25, -0.2) is 4.98 Å². The summed E-state index contributed by atoms with van der Waals surface area (Å²) in [6, 6.07) is 16.5. The topological polar surface area (TPSA) is 47.0 Å². The molecule has 0 spiro atoms. The first kappa shape index (κ1) is 16.0. The lowest BCUT2D eigenvalue weighted by Gasteiger charge is -2.15. The van der Waals surface area contributed by atoms with Crippen molar-refractivity contribution in [3.63, 3.8) is 0 Å². The van der Waals surface area contributed by atoms with Gasteiger partial charge in [0.25, 0.3) is 0 Å². The maximum Gasteiger partial charge on any atom is 0.145 e. The van der Waals surface area contributed by atoms with E-state index in [-0.39, 0.29) is 6.04 Å². The number of methoxy groups -OCH3 is 1. The van der Waals surface area contributed by atoms with Gasteiger partial charge in [-0.15, -0.1) is 0 Å². The van der Waals surface area contributed by atoms with Crippen molar-refractivity contribution in [3.8, 4) is 17.0 Å². The molecule has 0 unspecified atom stereocenters. The fourth-order valence-electron chi connectivity index (χ4n) is 2.60. The van der Waals surface area contributed by atoms with Crippen LogP contribution in [0, 0.1) is 6.92 Å². The molecule has 4 heteroatoms. The Morgan fingerprint density at radius 3 is 2.58 bits per heavy atom. The molecule has 3 rings (SSSR count). The number of hydrogen-bond donors (Lipinski definition) is 1. The van der Waals surface area contributed by atoms with Crippen LogP contribution in [0.15, 0.2) is 60.9 Å². The second kappa shape index (κ2) is 7.13. The monoisotopic (exact) mass is 319 g/mol. The number of benzene rings is 2. The fraction of sp³-hybridized carbons (Fsp3) is 0.200. The molecule has 1 aromatic heterocycles. The summed E-state index contributed by atoms with van der Waals surface area (Å²) < 4.78 is 5.40. The van der Waals surface area contributed by atoms with Crippen LogP contribution >= 0.6 is 0 Å². The summed E-state index contributed by atoms with van der Waals surface area (Å²) in [6.07, 6.45) is 3.51. The Hall–Kier alpha value is -2.88. The van der Waals surface area contributed by atoms with Crippen molar-refractivity contribution in [3.05, 3.63) is 72.1 Å².